The highest BCUT2D eigenvalue weighted by molar-refractivity contribution is 5.78. The topological polar surface area (TPSA) is 104 Å². The lowest BCUT2D eigenvalue weighted by molar-refractivity contribution is -0.138. The molecule has 0 bridgehead atoms. The molecule has 16 heavy (non-hydrogen) atoms. The van der Waals surface area contributed by atoms with Gasteiger partial charge in [0.25, 0.3) is 0 Å². The van der Waals surface area contributed by atoms with E-state index in [9.17, 15) is 9.59 Å². The number of carbonyl (C=O) groups is 2. The van der Waals surface area contributed by atoms with Gasteiger partial charge in [0, 0.05) is 13.0 Å². The Morgan fingerprint density at radius 3 is 2.88 bits per heavy atom. The van der Waals surface area contributed by atoms with Crippen LogP contribution >= 0.6 is 0 Å². The number of amides is 1. The number of carbonyl (C=O) groups excluding carboxylic acids is 1. The van der Waals surface area contributed by atoms with Crippen LogP contribution in [0.25, 0.3) is 0 Å². The summed E-state index contributed by atoms with van der Waals surface area (Å²) in [7, 11) is 0. The summed E-state index contributed by atoms with van der Waals surface area (Å²) >= 11 is 0. The Labute approximate surface area is 94.6 Å². The van der Waals surface area contributed by atoms with Gasteiger partial charge < -0.3 is 21.5 Å². The van der Waals surface area contributed by atoms with Crippen LogP contribution < -0.4 is 16.4 Å². The standard InChI is InChI=1S/C10H19N3O3/c11-8(10(15)16)6-13-9(14)4-7-2-1-3-12-5-7/h7-8,12H,1-6,11H2,(H,13,14)(H,15,16). The van der Waals surface area contributed by atoms with Gasteiger partial charge in [-0.3, -0.25) is 9.59 Å². The van der Waals surface area contributed by atoms with Gasteiger partial charge >= 0.3 is 5.97 Å². The summed E-state index contributed by atoms with van der Waals surface area (Å²) in [5.74, 6) is -0.861. The van der Waals surface area contributed by atoms with Crippen molar-refractivity contribution in [2.45, 2.75) is 25.3 Å². The predicted octanol–water partition coefficient (Wildman–Crippen LogP) is -1.10. The van der Waals surface area contributed by atoms with E-state index in [2.05, 4.69) is 10.6 Å². The first-order valence-electron chi connectivity index (χ1n) is 5.55. The number of rotatable bonds is 5. The second-order valence-corrected chi connectivity index (χ2v) is 4.17. The molecule has 6 nitrogen and oxygen atoms in total. The van der Waals surface area contributed by atoms with Crippen molar-refractivity contribution in [2.24, 2.45) is 11.7 Å². The summed E-state index contributed by atoms with van der Waals surface area (Å²) in [6, 6.07) is -1.02. The van der Waals surface area contributed by atoms with Crippen molar-refractivity contribution in [2.75, 3.05) is 19.6 Å². The monoisotopic (exact) mass is 229 g/mol. The quantitative estimate of drug-likeness (QED) is 0.479. The molecule has 1 aliphatic rings. The molecule has 5 N–H and O–H groups in total. The van der Waals surface area contributed by atoms with Gasteiger partial charge in [-0.05, 0) is 31.8 Å². The van der Waals surface area contributed by atoms with E-state index < -0.39 is 12.0 Å². The molecule has 92 valence electrons. The van der Waals surface area contributed by atoms with Crippen LogP contribution in [-0.2, 0) is 9.59 Å². The maximum Gasteiger partial charge on any atom is 0.322 e. The minimum absolute atomic E-state index is 0.00564. The first-order chi connectivity index (χ1) is 7.59. The van der Waals surface area contributed by atoms with Gasteiger partial charge in [0.15, 0.2) is 0 Å². The summed E-state index contributed by atoms with van der Waals surface area (Å²) < 4.78 is 0. The third-order valence-electron chi connectivity index (χ3n) is 2.71. The van der Waals surface area contributed by atoms with Crippen molar-refractivity contribution in [3.8, 4) is 0 Å². The third-order valence-corrected chi connectivity index (χ3v) is 2.71. The van der Waals surface area contributed by atoms with E-state index in [1.807, 2.05) is 0 Å². The molecule has 1 heterocycles. The lowest BCUT2D eigenvalue weighted by Gasteiger charge is -2.22. The zero-order chi connectivity index (χ0) is 12.0. The molecule has 1 saturated heterocycles. The largest absolute Gasteiger partial charge is 0.480 e. The van der Waals surface area contributed by atoms with Crippen LogP contribution in [0.2, 0.25) is 0 Å². The van der Waals surface area contributed by atoms with Gasteiger partial charge in [-0.25, -0.2) is 0 Å². The molecule has 1 rings (SSSR count). The molecule has 0 aliphatic carbocycles. The van der Waals surface area contributed by atoms with E-state index in [0.717, 1.165) is 25.9 Å². The highest BCUT2D eigenvalue weighted by Crippen LogP contribution is 2.13. The Morgan fingerprint density at radius 2 is 2.31 bits per heavy atom. The van der Waals surface area contributed by atoms with Crippen molar-refractivity contribution in [3.05, 3.63) is 0 Å². The molecule has 0 aromatic rings. The summed E-state index contributed by atoms with van der Waals surface area (Å²) in [6.07, 6.45) is 2.58. The molecule has 1 aliphatic heterocycles. The first kappa shape index (κ1) is 12.9. The number of carboxylic acid groups (broad SMARTS) is 1. The van der Waals surface area contributed by atoms with Crippen LogP contribution in [-0.4, -0.2) is 42.7 Å². The number of piperidine rings is 1. The molecule has 0 spiro atoms. The summed E-state index contributed by atoms with van der Waals surface area (Å²) in [5.41, 5.74) is 5.27. The van der Waals surface area contributed by atoms with Crippen molar-refractivity contribution < 1.29 is 14.7 Å². The van der Waals surface area contributed by atoms with E-state index >= 15 is 0 Å². The van der Waals surface area contributed by atoms with E-state index in [0.29, 0.717) is 12.3 Å². The normalized spacial score (nSPS) is 22.4. The second-order valence-electron chi connectivity index (χ2n) is 4.17. The van der Waals surface area contributed by atoms with Crippen LogP contribution in [0.1, 0.15) is 19.3 Å². The van der Waals surface area contributed by atoms with Gasteiger partial charge in [-0.15, -0.1) is 0 Å². The molecule has 1 amide bonds. The van der Waals surface area contributed by atoms with E-state index in [-0.39, 0.29) is 12.5 Å². The number of nitrogens with two attached hydrogens (primary N) is 1. The summed E-state index contributed by atoms with van der Waals surface area (Å²) in [4.78, 5) is 21.9. The number of aliphatic carboxylic acids is 1. The highest BCUT2D eigenvalue weighted by atomic mass is 16.4. The van der Waals surface area contributed by atoms with Crippen LogP contribution in [0.3, 0.4) is 0 Å². The van der Waals surface area contributed by atoms with Crippen LogP contribution in [0.4, 0.5) is 0 Å². The van der Waals surface area contributed by atoms with Crippen molar-refractivity contribution >= 4 is 11.9 Å². The Balaban J connectivity index is 2.17. The summed E-state index contributed by atoms with van der Waals surface area (Å²) in [6.45, 7) is 1.87. The number of hydrogen-bond acceptors (Lipinski definition) is 4. The zero-order valence-corrected chi connectivity index (χ0v) is 9.24. The number of nitrogens with one attached hydrogen (secondary N) is 2. The number of hydrogen-bond donors (Lipinski definition) is 4. The molecule has 6 heteroatoms. The fraction of sp³-hybridized carbons (Fsp3) is 0.800. The third kappa shape index (κ3) is 4.59. The van der Waals surface area contributed by atoms with Crippen molar-refractivity contribution in [1.82, 2.24) is 10.6 Å². The fourth-order valence-corrected chi connectivity index (χ4v) is 1.74. The Kier molecular flexibility index (Phi) is 5.21. The van der Waals surface area contributed by atoms with E-state index in [1.165, 1.54) is 0 Å². The molecule has 0 aromatic heterocycles. The predicted molar refractivity (Wildman–Crippen MR) is 58.8 cm³/mol. The molecule has 2 unspecified atom stereocenters. The van der Waals surface area contributed by atoms with Crippen LogP contribution in [0, 0.1) is 5.92 Å². The Hall–Kier alpha value is -1.14. The maximum atomic E-state index is 11.5. The van der Waals surface area contributed by atoms with Gasteiger partial charge in [0.2, 0.25) is 5.91 Å². The molecular weight excluding hydrogens is 210 g/mol. The second kappa shape index (κ2) is 6.44. The molecule has 0 radical (unpaired) electrons. The van der Waals surface area contributed by atoms with Crippen LogP contribution in [0.15, 0.2) is 0 Å². The highest BCUT2D eigenvalue weighted by Gasteiger charge is 2.18. The lowest BCUT2D eigenvalue weighted by atomic mass is 9.96. The maximum absolute atomic E-state index is 11.5. The number of carboxylic acids is 1. The summed E-state index contributed by atoms with van der Waals surface area (Å²) in [5, 5.41) is 14.3. The van der Waals surface area contributed by atoms with Gasteiger partial charge in [-0.2, -0.15) is 0 Å². The van der Waals surface area contributed by atoms with Gasteiger partial charge in [-0.1, -0.05) is 0 Å². The molecule has 1 fully saturated rings. The van der Waals surface area contributed by atoms with Gasteiger partial charge in [0.05, 0.1) is 0 Å². The van der Waals surface area contributed by atoms with E-state index in [4.69, 9.17) is 10.8 Å². The fourth-order valence-electron chi connectivity index (χ4n) is 1.74. The van der Waals surface area contributed by atoms with Gasteiger partial charge in [0.1, 0.15) is 6.04 Å². The average molecular weight is 229 g/mol. The Bertz CT molecular complexity index is 252. The van der Waals surface area contributed by atoms with Crippen LogP contribution in [0.5, 0.6) is 0 Å². The van der Waals surface area contributed by atoms with Crippen molar-refractivity contribution in [1.29, 1.82) is 0 Å². The molecule has 0 saturated carbocycles. The molecular formula is C10H19N3O3. The lowest BCUT2D eigenvalue weighted by Crippen LogP contribution is -2.43. The van der Waals surface area contributed by atoms with E-state index in [1.54, 1.807) is 0 Å². The van der Waals surface area contributed by atoms with Crippen molar-refractivity contribution in [3.63, 3.8) is 0 Å². The SMILES string of the molecule is NC(CNC(=O)CC1CCCNC1)C(=O)O. The molecule has 0 aromatic carbocycles. The molecule has 2 atom stereocenters. The minimum atomic E-state index is -1.10. The smallest absolute Gasteiger partial charge is 0.322 e. The average Bonchev–Trinajstić information content (AvgIpc) is 2.27. The zero-order valence-electron chi connectivity index (χ0n) is 9.24. The minimum Gasteiger partial charge on any atom is -0.480 e. The first-order valence-corrected chi connectivity index (χ1v) is 5.55. The Morgan fingerprint density at radius 1 is 1.56 bits per heavy atom.